The molecular formula is C27H24FN5O3. The number of hydrogen-bond acceptors (Lipinski definition) is 4. The average Bonchev–Trinajstić information content (AvgIpc) is 3.43. The Bertz CT molecular complexity index is 1590. The number of aromatic amines is 1. The molecule has 9 heteroatoms. The highest BCUT2D eigenvalue weighted by atomic mass is 19.1. The van der Waals surface area contributed by atoms with Crippen LogP contribution in [0.1, 0.15) is 16.1 Å². The number of methoxy groups -OCH3 is 1. The molecule has 0 saturated carbocycles. The molecule has 2 heterocycles. The molecule has 2 amide bonds. The molecule has 8 nitrogen and oxygen atoms in total. The van der Waals surface area contributed by atoms with Crippen molar-refractivity contribution in [1.29, 1.82) is 0 Å². The molecule has 0 aliphatic heterocycles. The van der Waals surface area contributed by atoms with Gasteiger partial charge in [0.1, 0.15) is 18.2 Å². The maximum absolute atomic E-state index is 13.5. The van der Waals surface area contributed by atoms with Crippen molar-refractivity contribution in [3.63, 3.8) is 0 Å². The van der Waals surface area contributed by atoms with Crippen LogP contribution in [0.5, 0.6) is 0 Å². The number of H-pyrrole nitrogens is 1. The second-order valence-corrected chi connectivity index (χ2v) is 8.44. The van der Waals surface area contributed by atoms with Crippen molar-refractivity contribution in [1.82, 2.24) is 19.9 Å². The summed E-state index contributed by atoms with van der Waals surface area (Å²) in [5, 5.41) is 6.44. The first-order chi connectivity index (χ1) is 17.4. The van der Waals surface area contributed by atoms with Gasteiger partial charge in [-0.2, -0.15) is 0 Å². The van der Waals surface area contributed by atoms with E-state index in [1.165, 1.54) is 19.2 Å². The normalized spacial score (nSPS) is 11.2. The van der Waals surface area contributed by atoms with Gasteiger partial charge < -0.3 is 24.9 Å². The summed E-state index contributed by atoms with van der Waals surface area (Å²) in [6.07, 6.45) is 0. The molecule has 182 valence electrons. The first kappa shape index (κ1) is 23.3. The number of fused-ring (bicyclic) bond motifs is 2. The van der Waals surface area contributed by atoms with E-state index in [1.54, 1.807) is 24.3 Å². The molecule has 0 fully saturated rings. The minimum absolute atomic E-state index is 0.123. The van der Waals surface area contributed by atoms with E-state index in [4.69, 9.17) is 9.72 Å². The van der Waals surface area contributed by atoms with Crippen molar-refractivity contribution in [2.45, 2.75) is 6.54 Å². The first-order valence-corrected chi connectivity index (χ1v) is 11.3. The summed E-state index contributed by atoms with van der Waals surface area (Å²) >= 11 is 0. The van der Waals surface area contributed by atoms with Crippen LogP contribution in [0.25, 0.3) is 33.3 Å². The number of nitrogens with one attached hydrogen (secondary N) is 3. The van der Waals surface area contributed by atoms with Crippen LogP contribution in [0.2, 0.25) is 0 Å². The highest BCUT2D eigenvalue weighted by molar-refractivity contribution is 6.06. The smallest absolute Gasteiger partial charge is 0.251 e. The minimum Gasteiger partial charge on any atom is -0.375 e. The minimum atomic E-state index is -0.343. The monoisotopic (exact) mass is 485 g/mol. The summed E-state index contributed by atoms with van der Waals surface area (Å²) < 4.78 is 20.3. The summed E-state index contributed by atoms with van der Waals surface area (Å²) in [4.78, 5) is 33.4. The van der Waals surface area contributed by atoms with Crippen molar-refractivity contribution >= 4 is 39.4 Å². The molecule has 5 rings (SSSR count). The number of amides is 2. The second-order valence-electron chi connectivity index (χ2n) is 8.44. The predicted octanol–water partition coefficient (Wildman–Crippen LogP) is 4.38. The van der Waals surface area contributed by atoms with Gasteiger partial charge in [-0.1, -0.05) is 30.3 Å². The van der Waals surface area contributed by atoms with Crippen molar-refractivity contribution in [3.8, 4) is 11.4 Å². The number of halogens is 1. The van der Waals surface area contributed by atoms with E-state index in [9.17, 15) is 14.0 Å². The van der Waals surface area contributed by atoms with Crippen LogP contribution in [0.4, 0.5) is 10.1 Å². The number of imidazole rings is 1. The van der Waals surface area contributed by atoms with Gasteiger partial charge >= 0.3 is 0 Å². The number of carbonyl (C=O) groups is 2. The molecule has 3 aromatic carbocycles. The molecule has 0 saturated heterocycles. The summed E-state index contributed by atoms with van der Waals surface area (Å²) in [5.41, 5.74) is 4.49. The summed E-state index contributed by atoms with van der Waals surface area (Å²) in [6, 6.07) is 19.3. The van der Waals surface area contributed by atoms with E-state index in [-0.39, 0.29) is 30.8 Å². The third kappa shape index (κ3) is 4.56. The standard InChI is InChI=1S/C27H24FN5O3/c1-33-25-22(31-24(34)15-36-2)12-18(13-23(25)32-26(33)16-6-4-3-5-7-16)27(35)29-14-20-11-17-10-19(28)8-9-21(17)30-20/h3-13,30H,14-15H2,1-2H3,(H,29,35)(H,31,34). The number of benzene rings is 3. The van der Waals surface area contributed by atoms with Crippen LogP contribution in [-0.2, 0) is 23.1 Å². The number of ether oxygens (including phenoxy) is 1. The molecule has 2 aromatic heterocycles. The Labute approximate surface area is 206 Å². The molecular weight excluding hydrogens is 461 g/mol. The number of rotatable bonds is 7. The Morgan fingerprint density at radius 2 is 1.89 bits per heavy atom. The molecule has 5 aromatic rings. The third-order valence-electron chi connectivity index (χ3n) is 5.89. The Hall–Kier alpha value is -4.50. The van der Waals surface area contributed by atoms with Crippen molar-refractivity contribution < 1.29 is 18.7 Å². The molecule has 0 bridgehead atoms. The van der Waals surface area contributed by atoms with Crippen LogP contribution in [0.15, 0.2) is 66.7 Å². The van der Waals surface area contributed by atoms with Crippen LogP contribution < -0.4 is 10.6 Å². The zero-order valence-electron chi connectivity index (χ0n) is 19.8. The van der Waals surface area contributed by atoms with Gasteiger partial charge in [-0.25, -0.2) is 9.37 Å². The van der Waals surface area contributed by atoms with Gasteiger partial charge in [0.05, 0.1) is 23.3 Å². The molecule has 3 N–H and O–H groups in total. The van der Waals surface area contributed by atoms with Crippen LogP contribution in [0, 0.1) is 5.82 Å². The van der Waals surface area contributed by atoms with Crippen LogP contribution in [0.3, 0.4) is 0 Å². The fourth-order valence-electron chi connectivity index (χ4n) is 4.28. The Balaban J connectivity index is 1.48. The van der Waals surface area contributed by atoms with Crippen molar-refractivity contribution in [3.05, 3.63) is 83.8 Å². The first-order valence-electron chi connectivity index (χ1n) is 11.3. The van der Waals surface area contributed by atoms with Gasteiger partial charge in [0.2, 0.25) is 5.91 Å². The molecule has 0 radical (unpaired) electrons. The van der Waals surface area contributed by atoms with Gasteiger partial charge in [-0.3, -0.25) is 9.59 Å². The predicted molar refractivity (Wildman–Crippen MR) is 136 cm³/mol. The van der Waals surface area contributed by atoms with Gasteiger partial charge in [0.15, 0.2) is 0 Å². The van der Waals surface area contributed by atoms with E-state index in [1.807, 2.05) is 41.9 Å². The highest BCUT2D eigenvalue weighted by Crippen LogP contribution is 2.30. The number of hydrogen-bond donors (Lipinski definition) is 3. The Morgan fingerprint density at radius 3 is 2.67 bits per heavy atom. The van der Waals surface area contributed by atoms with Crippen LogP contribution >= 0.6 is 0 Å². The van der Waals surface area contributed by atoms with E-state index < -0.39 is 0 Å². The maximum atomic E-state index is 13.5. The maximum Gasteiger partial charge on any atom is 0.251 e. The number of aryl methyl sites for hydroxylation is 1. The van der Waals surface area contributed by atoms with Crippen molar-refractivity contribution in [2.75, 3.05) is 19.0 Å². The molecule has 0 atom stereocenters. The number of aromatic nitrogens is 3. The fourth-order valence-corrected chi connectivity index (χ4v) is 4.28. The lowest BCUT2D eigenvalue weighted by molar-refractivity contribution is -0.119. The Kier molecular flexibility index (Phi) is 6.22. The zero-order chi connectivity index (χ0) is 25.2. The largest absolute Gasteiger partial charge is 0.375 e. The number of anilines is 1. The lowest BCUT2D eigenvalue weighted by Gasteiger charge is -2.11. The quantitative estimate of drug-likeness (QED) is 0.319. The van der Waals surface area contributed by atoms with E-state index in [0.717, 1.165) is 22.2 Å². The van der Waals surface area contributed by atoms with E-state index >= 15 is 0 Å². The lowest BCUT2D eigenvalue weighted by atomic mass is 10.1. The molecule has 0 aliphatic rings. The SMILES string of the molecule is COCC(=O)Nc1cc(C(=O)NCc2cc3cc(F)ccc3[nH]2)cc2nc(-c3ccccc3)n(C)c12. The summed E-state index contributed by atoms with van der Waals surface area (Å²) in [7, 11) is 3.30. The van der Waals surface area contributed by atoms with Gasteiger partial charge in [-0.15, -0.1) is 0 Å². The second kappa shape index (κ2) is 9.63. The van der Waals surface area contributed by atoms with E-state index in [2.05, 4.69) is 15.6 Å². The molecule has 0 spiro atoms. The highest BCUT2D eigenvalue weighted by Gasteiger charge is 2.19. The zero-order valence-corrected chi connectivity index (χ0v) is 19.8. The van der Waals surface area contributed by atoms with E-state index in [0.29, 0.717) is 28.1 Å². The number of nitrogens with zero attached hydrogens (tertiary/aromatic N) is 2. The topological polar surface area (TPSA) is 101 Å². The summed E-state index contributed by atoms with van der Waals surface area (Å²) in [5.74, 6) is -0.297. The van der Waals surface area contributed by atoms with Gasteiger partial charge in [0.25, 0.3) is 5.91 Å². The lowest BCUT2D eigenvalue weighted by Crippen LogP contribution is -2.23. The molecule has 0 unspecified atom stereocenters. The van der Waals surface area contributed by atoms with Gasteiger partial charge in [0, 0.05) is 41.9 Å². The molecule has 0 aliphatic carbocycles. The third-order valence-corrected chi connectivity index (χ3v) is 5.89. The summed E-state index contributed by atoms with van der Waals surface area (Å²) in [6.45, 7) is 0.0955. The molecule has 36 heavy (non-hydrogen) atoms. The van der Waals surface area contributed by atoms with Crippen LogP contribution in [-0.4, -0.2) is 40.1 Å². The van der Waals surface area contributed by atoms with Crippen molar-refractivity contribution in [2.24, 2.45) is 7.05 Å². The number of carbonyl (C=O) groups excluding carboxylic acids is 2. The Morgan fingerprint density at radius 1 is 1.08 bits per heavy atom. The fraction of sp³-hybridized carbons (Fsp3) is 0.148. The average molecular weight is 486 g/mol. The van der Waals surface area contributed by atoms with Gasteiger partial charge in [-0.05, 0) is 36.4 Å².